The van der Waals surface area contributed by atoms with Crippen LogP contribution in [0.3, 0.4) is 0 Å². The summed E-state index contributed by atoms with van der Waals surface area (Å²) in [6.45, 7) is 0. The summed E-state index contributed by atoms with van der Waals surface area (Å²) in [5.41, 5.74) is 1.72. The minimum atomic E-state index is 0.0197. The maximum absolute atomic E-state index is 11.5. The van der Waals surface area contributed by atoms with Gasteiger partial charge in [-0.2, -0.15) is 0 Å². The summed E-state index contributed by atoms with van der Waals surface area (Å²) in [5.74, 6) is 5.87. The lowest BCUT2D eigenvalue weighted by Crippen LogP contribution is -1.99. The molecule has 1 aromatic carbocycles. The number of pyridine rings is 1. The van der Waals surface area contributed by atoms with Gasteiger partial charge in [0.05, 0.1) is 5.33 Å². The Labute approximate surface area is 95.5 Å². The second-order valence-electron chi connectivity index (χ2n) is 3.04. The van der Waals surface area contributed by atoms with Crippen LogP contribution in [0.1, 0.15) is 5.56 Å². The van der Waals surface area contributed by atoms with E-state index in [1.165, 1.54) is 6.07 Å². The van der Waals surface area contributed by atoms with Gasteiger partial charge in [0.25, 0.3) is 0 Å². The number of hydrogen-bond donors (Lipinski definition) is 1. The highest BCUT2D eigenvalue weighted by Crippen LogP contribution is 2.08. The molecule has 0 saturated carbocycles. The van der Waals surface area contributed by atoms with Gasteiger partial charge in [-0.1, -0.05) is 27.8 Å². The van der Waals surface area contributed by atoms with Gasteiger partial charge >= 0.3 is 0 Å². The van der Waals surface area contributed by atoms with Crippen molar-refractivity contribution in [3.63, 3.8) is 0 Å². The molecule has 3 heteroatoms. The van der Waals surface area contributed by atoms with Crippen molar-refractivity contribution in [1.29, 1.82) is 0 Å². The minimum absolute atomic E-state index is 0.0197. The lowest BCUT2D eigenvalue weighted by Gasteiger charge is -1.96. The molecule has 0 aliphatic heterocycles. The first-order valence-corrected chi connectivity index (χ1v) is 5.60. The molecule has 1 heterocycles. The quantitative estimate of drug-likeness (QED) is 0.573. The second kappa shape index (κ2) is 4.33. The van der Waals surface area contributed by atoms with Crippen LogP contribution in [0.25, 0.3) is 10.9 Å². The van der Waals surface area contributed by atoms with Crippen molar-refractivity contribution in [2.45, 2.75) is 0 Å². The van der Waals surface area contributed by atoms with E-state index in [2.05, 4.69) is 32.8 Å². The highest BCUT2D eigenvalue weighted by atomic mass is 79.9. The zero-order valence-electron chi connectivity index (χ0n) is 7.88. The van der Waals surface area contributed by atoms with E-state index < -0.39 is 0 Å². The maximum atomic E-state index is 11.5. The fraction of sp³-hybridized carbons (Fsp3) is 0.0833. The molecule has 0 unspecified atom stereocenters. The largest absolute Gasteiger partial charge is 0.361 e. The molecule has 0 bridgehead atoms. The zero-order chi connectivity index (χ0) is 10.7. The van der Waals surface area contributed by atoms with Crippen molar-refractivity contribution in [1.82, 2.24) is 4.98 Å². The number of hydrogen-bond acceptors (Lipinski definition) is 1. The molecule has 0 radical (unpaired) electrons. The first-order chi connectivity index (χ1) is 7.31. The van der Waals surface area contributed by atoms with Crippen LogP contribution in [0.4, 0.5) is 0 Å². The Balaban J connectivity index is 2.65. The number of aromatic amines is 1. The number of benzene rings is 1. The maximum Gasteiger partial charge on any atom is 0.189 e. The van der Waals surface area contributed by atoms with E-state index >= 15 is 0 Å². The number of halogens is 1. The van der Waals surface area contributed by atoms with E-state index in [1.54, 1.807) is 6.20 Å². The van der Waals surface area contributed by atoms with Crippen molar-refractivity contribution in [2.75, 3.05) is 5.33 Å². The van der Waals surface area contributed by atoms with Crippen LogP contribution in [-0.2, 0) is 0 Å². The summed E-state index contributed by atoms with van der Waals surface area (Å²) in [6, 6.07) is 7.09. The van der Waals surface area contributed by atoms with Gasteiger partial charge in [-0.15, -0.1) is 0 Å². The lowest BCUT2D eigenvalue weighted by molar-refractivity contribution is 1.39. The van der Waals surface area contributed by atoms with E-state index in [1.807, 2.05) is 18.2 Å². The van der Waals surface area contributed by atoms with Crippen molar-refractivity contribution in [2.24, 2.45) is 0 Å². The number of alkyl halides is 1. The van der Waals surface area contributed by atoms with E-state index in [0.717, 1.165) is 11.1 Å². The van der Waals surface area contributed by atoms with Crippen LogP contribution in [-0.4, -0.2) is 10.3 Å². The molecule has 0 saturated heterocycles. The summed E-state index contributed by atoms with van der Waals surface area (Å²) < 4.78 is 0. The molecule has 0 spiro atoms. The Bertz CT molecular complexity index is 604. The van der Waals surface area contributed by atoms with E-state index in [-0.39, 0.29) is 5.43 Å². The molecule has 1 aromatic heterocycles. The Morgan fingerprint density at radius 2 is 2.20 bits per heavy atom. The third kappa shape index (κ3) is 2.11. The van der Waals surface area contributed by atoms with E-state index in [0.29, 0.717) is 10.7 Å². The molecule has 0 amide bonds. The summed E-state index contributed by atoms with van der Waals surface area (Å²) in [4.78, 5) is 14.5. The molecule has 0 atom stereocenters. The summed E-state index contributed by atoms with van der Waals surface area (Å²) in [5, 5.41) is 1.31. The third-order valence-corrected chi connectivity index (χ3v) is 2.34. The second-order valence-corrected chi connectivity index (χ2v) is 3.60. The zero-order valence-corrected chi connectivity index (χ0v) is 9.47. The van der Waals surface area contributed by atoms with E-state index in [4.69, 9.17) is 0 Å². The van der Waals surface area contributed by atoms with Crippen molar-refractivity contribution < 1.29 is 0 Å². The molecule has 15 heavy (non-hydrogen) atoms. The average molecular weight is 262 g/mol. The number of H-pyrrole nitrogens is 1. The Morgan fingerprint density at radius 3 is 3.00 bits per heavy atom. The van der Waals surface area contributed by atoms with Crippen LogP contribution in [0.15, 0.2) is 35.3 Å². The van der Waals surface area contributed by atoms with Gasteiger partial charge in [0.1, 0.15) is 0 Å². The first-order valence-electron chi connectivity index (χ1n) is 4.47. The van der Waals surface area contributed by atoms with Crippen LogP contribution in [0.2, 0.25) is 0 Å². The van der Waals surface area contributed by atoms with Gasteiger partial charge in [-0.25, -0.2) is 0 Å². The topological polar surface area (TPSA) is 32.9 Å². The van der Waals surface area contributed by atoms with Crippen LogP contribution >= 0.6 is 15.9 Å². The predicted molar refractivity (Wildman–Crippen MR) is 65.2 cm³/mol. The third-order valence-electron chi connectivity index (χ3n) is 2.06. The summed E-state index contributed by atoms with van der Waals surface area (Å²) in [7, 11) is 0. The number of nitrogens with one attached hydrogen (secondary N) is 1. The highest BCUT2D eigenvalue weighted by Gasteiger charge is 1.97. The first kappa shape index (κ1) is 10.0. The Hall–Kier alpha value is -1.53. The summed E-state index contributed by atoms with van der Waals surface area (Å²) >= 11 is 3.23. The van der Waals surface area contributed by atoms with E-state index in [9.17, 15) is 4.79 Å². The SMILES string of the molecule is O=c1cc[nH]c2ccc(C#CCBr)cc12. The van der Waals surface area contributed by atoms with Crippen molar-refractivity contribution >= 4 is 26.8 Å². The van der Waals surface area contributed by atoms with Gasteiger partial charge in [-0.3, -0.25) is 4.79 Å². The number of aromatic nitrogens is 1. The number of fused-ring (bicyclic) bond motifs is 1. The lowest BCUT2D eigenvalue weighted by atomic mass is 10.1. The molecule has 0 aliphatic carbocycles. The molecule has 2 aromatic rings. The normalized spacial score (nSPS) is 9.67. The van der Waals surface area contributed by atoms with Crippen molar-refractivity contribution in [3.05, 3.63) is 46.2 Å². The predicted octanol–water partition coefficient (Wildman–Crippen LogP) is 2.27. The molecule has 74 valence electrons. The van der Waals surface area contributed by atoms with Gasteiger partial charge in [0.15, 0.2) is 5.43 Å². The van der Waals surface area contributed by atoms with Crippen LogP contribution in [0.5, 0.6) is 0 Å². The Morgan fingerprint density at radius 1 is 1.33 bits per heavy atom. The molecule has 0 aliphatic rings. The molecular weight excluding hydrogens is 254 g/mol. The van der Waals surface area contributed by atoms with Gasteiger partial charge in [0.2, 0.25) is 0 Å². The van der Waals surface area contributed by atoms with Crippen LogP contribution in [0, 0.1) is 11.8 Å². The minimum Gasteiger partial charge on any atom is -0.361 e. The Kier molecular flexibility index (Phi) is 2.89. The molecule has 2 nitrogen and oxygen atoms in total. The van der Waals surface area contributed by atoms with Crippen LogP contribution < -0.4 is 5.43 Å². The molecule has 1 N–H and O–H groups in total. The highest BCUT2D eigenvalue weighted by molar-refractivity contribution is 9.09. The standard InChI is InChI=1S/C12H8BrNO/c13-6-1-2-9-3-4-11-10(8-9)12(15)5-7-14-11/h3-5,7-8H,6H2,(H,14,15). The van der Waals surface area contributed by atoms with Gasteiger partial charge < -0.3 is 4.98 Å². The summed E-state index contributed by atoms with van der Waals surface area (Å²) in [6.07, 6.45) is 1.65. The monoisotopic (exact) mass is 261 g/mol. The molecule has 2 rings (SSSR count). The molecular formula is C12H8BrNO. The fourth-order valence-electron chi connectivity index (χ4n) is 1.38. The molecule has 0 fully saturated rings. The fourth-order valence-corrected chi connectivity index (χ4v) is 1.52. The van der Waals surface area contributed by atoms with Gasteiger partial charge in [-0.05, 0) is 18.2 Å². The smallest absolute Gasteiger partial charge is 0.189 e. The van der Waals surface area contributed by atoms with Crippen molar-refractivity contribution in [3.8, 4) is 11.8 Å². The van der Waals surface area contributed by atoms with Gasteiger partial charge in [0, 0.05) is 28.7 Å². The number of rotatable bonds is 0. The average Bonchev–Trinajstić information content (AvgIpc) is 2.27.